The average molecular weight is 306 g/mol. The summed E-state index contributed by atoms with van der Waals surface area (Å²) in [6.45, 7) is 3.86. The highest BCUT2D eigenvalue weighted by Gasteiger charge is 2.27. The highest BCUT2D eigenvalue weighted by Crippen LogP contribution is 2.30. The van der Waals surface area contributed by atoms with Crippen molar-refractivity contribution in [3.63, 3.8) is 0 Å². The zero-order valence-corrected chi connectivity index (χ0v) is 13.3. The third-order valence-corrected chi connectivity index (χ3v) is 3.90. The molecular formula is C15H18N2O3S. The summed E-state index contributed by atoms with van der Waals surface area (Å²) < 4.78 is 14.4. The van der Waals surface area contributed by atoms with Gasteiger partial charge in [0.25, 0.3) is 5.91 Å². The van der Waals surface area contributed by atoms with Gasteiger partial charge in [-0.1, -0.05) is 18.2 Å². The highest BCUT2D eigenvalue weighted by molar-refractivity contribution is 7.08. The molecule has 0 saturated heterocycles. The van der Waals surface area contributed by atoms with Gasteiger partial charge in [0.15, 0.2) is 0 Å². The Balaban J connectivity index is 2.22. The van der Waals surface area contributed by atoms with Crippen LogP contribution in [0.4, 0.5) is 0 Å². The predicted octanol–water partition coefficient (Wildman–Crippen LogP) is 2.83. The van der Waals surface area contributed by atoms with E-state index in [0.29, 0.717) is 10.8 Å². The summed E-state index contributed by atoms with van der Waals surface area (Å²) in [5.74, 6) is 0.997. The van der Waals surface area contributed by atoms with Gasteiger partial charge in [-0.15, -0.1) is 0 Å². The molecular weight excluding hydrogens is 288 g/mol. The SMILES string of the molecule is COc1cc(C(=O)NC(C)(C)c2ccccc2OC)sn1. The molecule has 0 spiro atoms. The maximum atomic E-state index is 12.3. The fourth-order valence-electron chi connectivity index (χ4n) is 2.04. The van der Waals surface area contributed by atoms with Gasteiger partial charge in [0.2, 0.25) is 5.88 Å². The summed E-state index contributed by atoms with van der Waals surface area (Å²) in [7, 11) is 3.14. The topological polar surface area (TPSA) is 60.5 Å². The molecule has 5 nitrogen and oxygen atoms in total. The molecule has 2 rings (SSSR count). The molecule has 0 unspecified atom stereocenters. The van der Waals surface area contributed by atoms with Gasteiger partial charge in [-0.25, -0.2) is 0 Å². The molecule has 1 heterocycles. The molecule has 0 bridgehead atoms. The molecule has 0 aliphatic heterocycles. The normalized spacial score (nSPS) is 11.0. The Bertz CT molecular complexity index is 637. The van der Waals surface area contributed by atoms with Crippen molar-refractivity contribution in [2.45, 2.75) is 19.4 Å². The monoisotopic (exact) mass is 306 g/mol. The van der Waals surface area contributed by atoms with E-state index in [-0.39, 0.29) is 5.91 Å². The lowest BCUT2D eigenvalue weighted by Crippen LogP contribution is -2.40. The lowest BCUT2D eigenvalue weighted by molar-refractivity contribution is 0.0915. The Morgan fingerprint density at radius 2 is 1.95 bits per heavy atom. The van der Waals surface area contributed by atoms with Crippen molar-refractivity contribution < 1.29 is 14.3 Å². The maximum absolute atomic E-state index is 12.3. The number of carbonyl (C=O) groups is 1. The fraction of sp³-hybridized carbons (Fsp3) is 0.333. The lowest BCUT2D eigenvalue weighted by atomic mass is 9.93. The van der Waals surface area contributed by atoms with E-state index in [9.17, 15) is 4.79 Å². The maximum Gasteiger partial charge on any atom is 0.263 e. The van der Waals surface area contributed by atoms with Gasteiger partial charge < -0.3 is 14.8 Å². The Morgan fingerprint density at radius 1 is 1.24 bits per heavy atom. The van der Waals surface area contributed by atoms with Crippen molar-refractivity contribution in [2.24, 2.45) is 0 Å². The van der Waals surface area contributed by atoms with Gasteiger partial charge in [-0.2, -0.15) is 4.37 Å². The first-order valence-electron chi connectivity index (χ1n) is 6.44. The average Bonchev–Trinajstić information content (AvgIpc) is 2.96. The minimum Gasteiger partial charge on any atom is -0.496 e. The molecule has 0 aliphatic rings. The minimum atomic E-state index is -0.569. The highest BCUT2D eigenvalue weighted by atomic mass is 32.1. The largest absolute Gasteiger partial charge is 0.496 e. The minimum absolute atomic E-state index is 0.188. The number of para-hydroxylation sites is 1. The number of amides is 1. The second-order valence-electron chi connectivity index (χ2n) is 5.01. The van der Waals surface area contributed by atoms with Gasteiger partial charge in [-0.05, 0) is 31.4 Å². The molecule has 0 saturated carbocycles. The van der Waals surface area contributed by atoms with Crippen LogP contribution in [0.1, 0.15) is 29.1 Å². The second-order valence-corrected chi connectivity index (χ2v) is 5.82. The first-order valence-corrected chi connectivity index (χ1v) is 7.22. The molecule has 112 valence electrons. The standard InChI is InChI=1S/C15H18N2O3S/c1-15(2,10-7-5-6-8-11(10)19-3)16-14(18)12-9-13(20-4)17-21-12/h5-9H,1-4H3,(H,16,18). The Hall–Kier alpha value is -2.08. The quantitative estimate of drug-likeness (QED) is 0.923. The van der Waals surface area contributed by atoms with Crippen LogP contribution in [-0.4, -0.2) is 24.5 Å². The first kappa shape index (κ1) is 15.3. The zero-order chi connectivity index (χ0) is 15.5. The summed E-state index contributed by atoms with van der Waals surface area (Å²) in [6, 6.07) is 9.25. The number of nitrogens with one attached hydrogen (secondary N) is 1. The number of benzene rings is 1. The molecule has 1 N–H and O–H groups in total. The van der Waals surface area contributed by atoms with Crippen LogP contribution in [0.25, 0.3) is 0 Å². The molecule has 0 aliphatic carbocycles. The second kappa shape index (κ2) is 6.13. The zero-order valence-electron chi connectivity index (χ0n) is 12.5. The van der Waals surface area contributed by atoms with E-state index in [0.717, 1.165) is 22.8 Å². The predicted molar refractivity (Wildman–Crippen MR) is 82.2 cm³/mol. The Morgan fingerprint density at radius 3 is 2.57 bits per heavy atom. The van der Waals surface area contributed by atoms with Gasteiger partial charge >= 0.3 is 0 Å². The van der Waals surface area contributed by atoms with E-state index in [2.05, 4.69) is 9.69 Å². The van der Waals surface area contributed by atoms with Crippen molar-refractivity contribution in [2.75, 3.05) is 14.2 Å². The first-order chi connectivity index (χ1) is 9.97. The molecule has 0 fully saturated rings. The number of carbonyl (C=O) groups excluding carboxylic acids is 1. The third-order valence-electron chi connectivity index (χ3n) is 3.13. The molecule has 0 atom stereocenters. The summed E-state index contributed by atoms with van der Waals surface area (Å²) in [5, 5.41) is 3.00. The van der Waals surface area contributed by atoms with Crippen LogP contribution in [0.3, 0.4) is 0 Å². The van der Waals surface area contributed by atoms with Gasteiger partial charge in [0.1, 0.15) is 10.6 Å². The molecule has 1 amide bonds. The number of nitrogens with zero attached hydrogens (tertiary/aromatic N) is 1. The molecule has 1 aromatic carbocycles. The van der Waals surface area contributed by atoms with Crippen LogP contribution in [-0.2, 0) is 5.54 Å². The van der Waals surface area contributed by atoms with Crippen molar-refractivity contribution >= 4 is 17.4 Å². The smallest absolute Gasteiger partial charge is 0.263 e. The summed E-state index contributed by atoms with van der Waals surface area (Å²) in [4.78, 5) is 12.8. The van der Waals surface area contributed by atoms with Crippen molar-refractivity contribution in [3.05, 3.63) is 40.8 Å². The van der Waals surface area contributed by atoms with Crippen LogP contribution < -0.4 is 14.8 Å². The third kappa shape index (κ3) is 3.33. The molecule has 1 aromatic heterocycles. The van der Waals surface area contributed by atoms with Crippen LogP contribution >= 0.6 is 11.5 Å². The molecule has 0 radical (unpaired) electrons. The van der Waals surface area contributed by atoms with Crippen molar-refractivity contribution in [1.29, 1.82) is 0 Å². The van der Waals surface area contributed by atoms with Crippen molar-refractivity contribution in [1.82, 2.24) is 9.69 Å². The van der Waals surface area contributed by atoms with E-state index in [4.69, 9.17) is 9.47 Å². The number of rotatable bonds is 5. The molecule has 2 aromatic rings. The number of hydrogen-bond donors (Lipinski definition) is 1. The Labute approximate surface area is 128 Å². The van der Waals surface area contributed by atoms with E-state index in [1.165, 1.54) is 7.11 Å². The van der Waals surface area contributed by atoms with Crippen LogP contribution in [0, 0.1) is 0 Å². The summed E-state index contributed by atoms with van der Waals surface area (Å²) in [6.07, 6.45) is 0. The van der Waals surface area contributed by atoms with E-state index < -0.39 is 5.54 Å². The fourth-order valence-corrected chi connectivity index (χ4v) is 2.64. The Kier molecular flexibility index (Phi) is 4.47. The molecule has 6 heteroatoms. The lowest BCUT2D eigenvalue weighted by Gasteiger charge is -2.28. The van der Waals surface area contributed by atoms with Gasteiger partial charge in [-0.3, -0.25) is 4.79 Å². The van der Waals surface area contributed by atoms with E-state index in [1.807, 2.05) is 38.1 Å². The van der Waals surface area contributed by atoms with Crippen LogP contribution in [0.2, 0.25) is 0 Å². The van der Waals surface area contributed by atoms with E-state index in [1.54, 1.807) is 13.2 Å². The van der Waals surface area contributed by atoms with Gasteiger partial charge in [0.05, 0.1) is 19.8 Å². The summed E-state index contributed by atoms with van der Waals surface area (Å²) >= 11 is 1.11. The summed E-state index contributed by atoms with van der Waals surface area (Å²) in [5.41, 5.74) is 0.346. The number of hydrogen-bond acceptors (Lipinski definition) is 5. The van der Waals surface area contributed by atoms with E-state index >= 15 is 0 Å². The van der Waals surface area contributed by atoms with Crippen molar-refractivity contribution in [3.8, 4) is 11.6 Å². The molecule has 21 heavy (non-hydrogen) atoms. The van der Waals surface area contributed by atoms with Crippen LogP contribution in [0.5, 0.6) is 11.6 Å². The van der Waals surface area contributed by atoms with Crippen LogP contribution in [0.15, 0.2) is 30.3 Å². The number of ether oxygens (including phenoxy) is 2. The number of methoxy groups -OCH3 is 2. The van der Waals surface area contributed by atoms with Gasteiger partial charge in [0, 0.05) is 11.6 Å². The number of aromatic nitrogens is 1.